The predicted octanol–water partition coefficient (Wildman–Crippen LogP) is 2.63. The second kappa shape index (κ2) is 11.3. The van der Waals surface area contributed by atoms with Crippen molar-refractivity contribution in [2.24, 2.45) is 10.9 Å². The first-order valence-corrected chi connectivity index (χ1v) is 10.7. The van der Waals surface area contributed by atoms with E-state index in [-0.39, 0.29) is 0 Å². The summed E-state index contributed by atoms with van der Waals surface area (Å²) in [5, 5.41) is 3.50. The summed E-state index contributed by atoms with van der Waals surface area (Å²) in [6.07, 6.45) is 4.82. The zero-order valence-corrected chi connectivity index (χ0v) is 16.9. The van der Waals surface area contributed by atoms with Gasteiger partial charge in [0, 0.05) is 39.3 Å². The summed E-state index contributed by atoms with van der Waals surface area (Å²) >= 11 is 0. The molecule has 0 spiro atoms. The molecule has 0 aromatic heterocycles. The number of hydrogen-bond donors (Lipinski definition) is 1. The van der Waals surface area contributed by atoms with Crippen molar-refractivity contribution in [1.82, 2.24) is 15.1 Å². The molecule has 1 N–H and O–H groups in total. The highest BCUT2D eigenvalue weighted by Gasteiger charge is 2.24. The Bertz CT molecular complexity index is 557. The quantitative estimate of drug-likeness (QED) is 0.433. The first-order valence-electron chi connectivity index (χ1n) is 10.7. The third kappa shape index (κ3) is 6.82. The highest BCUT2D eigenvalue weighted by atomic mass is 16.5. The van der Waals surface area contributed by atoms with Gasteiger partial charge in [-0.15, -0.1) is 0 Å². The number of benzene rings is 1. The van der Waals surface area contributed by atoms with Crippen LogP contribution in [0.15, 0.2) is 35.3 Å². The first-order chi connectivity index (χ1) is 13.3. The number of hydrogen-bond acceptors (Lipinski definition) is 3. The topological polar surface area (TPSA) is 40.1 Å². The van der Waals surface area contributed by atoms with Gasteiger partial charge in [-0.3, -0.25) is 9.89 Å². The van der Waals surface area contributed by atoms with Crippen LogP contribution in [0.4, 0.5) is 0 Å². The number of nitrogens with one attached hydrogen (secondary N) is 1. The third-order valence-electron chi connectivity index (χ3n) is 5.54. The number of aliphatic imine (C=N–C) groups is 1. The molecule has 0 aliphatic carbocycles. The average Bonchev–Trinajstić information content (AvgIpc) is 3.17. The van der Waals surface area contributed by atoms with E-state index in [9.17, 15) is 0 Å². The van der Waals surface area contributed by atoms with Crippen LogP contribution >= 0.6 is 0 Å². The number of likely N-dealkylation sites (tertiary alicyclic amines) is 1. The third-order valence-corrected chi connectivity index (χ3v) is 5.54. The molecule has 0 amide bonds. The van der Waals surface area contributed by atoms with Crippen molar-refractivity contribution in [3.05, 3.63) is 35.9 Å². The molecule has 0 bridgehead atoms. The summed E-state index contributed by atoms with van der Waals surface area (Å²) in [6.45, 7) is 11.4. The normalized spacial score (nSPS) is 21.6. The lowest BCUT2D eigenvalue weighted by Crippen LogP contribution is -2.40. The van der Waals surface area contributed by atoms with E-state index in [1.165, 1.54) is 31.4 Å². The highest BCUT2D eigenvalue weighted by Crippen LogP contribution is 2.21. The van der Waals surface area contributed by atoms with Crippen molar-refractivity contribution in [2.75, 3.05) is 59.0 Å². The van der Waals surface area contributed by atoms with Gasteiger partial charge < -0.3 is 15.0 Å². The van der Waals surface area contributed by atoms with E-state index in [1.54, 1.807) is 0 Å². The lowest BCUT2D eigenvalue weighted by atomic mass is 9.99. The Balaban J connectivity index is 1.40. The van der Waals surface area contributed by atoms with Crippen LogP contribution in [-0.4, -0.2) is 74.8 Å². The largest absolute Gasteiger partial charge is 0.379 e. The second-order valence-corrected chi connectivity index (χ2v) is 7.69. The van der Waals surface area contributed by atoms with E-state index in [0.29, 0.717) is 0 Å². The molecule has 2 saturated heterocycles. The summed E-state index contributed by atoms with van der Waals surface area (Å²) < 4.78 is 5.41. The number of unbranched alkanes of at least 4 members (excludes halogenated alkanes) is 1. The van der Waals surface area contributed by atoms with Crippen molar-refractivity contribution in [1.29, 1.82) is 0 Å². The summed E-state index contributed by atoms with van der Waals surface area (Å²) in [5.41, 5.74) is 1.45. The molecular formula is C22H36N4O. The second-order valence-electron chi connectivity index (χ2n) is 7.69. The van der Waals surface area contributed by atoms with E-state index in [0.717, 1.165) is 70.8 Å². The summed E-state index contributed by atoms with van der Waals surface area (Å²) in [7, 11) is 0. The maximum atomic E-state index is 5.41. The molecule has 5 nitrogen and oxygen atoms in total. The van der Waals surface area contributed by atoms with Gasteiger partial charge in [0.15, 0.2) is 5.96 Å². The van der Waals surface area contributed by atoms with Gasteiger partial charge in [0.25, 0.3) is 0 Å². The van der Waals surface area contributed by atoms with Crippen LogP contribution in [0.25, 0.3) is 0 Å². The Morgan fingerprint density at radius 1 is 1.15 bits per heavy atom. The number of guanidine groups is 1. The lowest BCUT2D eigenvalue weighted by Gasteiger charge is -2.26. The van der Waals surface area contributed by atoms with Crippen molar-refractivity contribution >= 4 is 5.96 Å². The molecule has 2 aliphatic heterocycles. The molecule has 5 heteroatoms. The van der Waals surface area contributed by atoms with Gasteiger partial charge in [-0.25, -0.2) is 0 Å². The average molecular weight is 373 g/mol. The highest BCUT2D eigenvalue weighted by molar-refractivity contribution is 5.80. The fourth-order valence-electron chi connectivity index (χ4n) is 4.02. The molecule has 2 fully saturated rings. The van der Waals surface area contributed by atoms with Crippen LogP contribution in [0.2, 0.25) is 0 Å². The Labute approximate surface area is 164 Å². The standard InChI is InChI=1S/C22H36N4O/c1-2-23-22(24-11-6-7-12-25-14-16-27-17-15-25)26-13-10-21(19-26)18-20-8-4-3-5-9-20/h3-5,8-9,21H,2,6-7,10-19H2,1H3,(H,23,24). The fourth-order valence-corrected chi connectivity index (χ4v) is 4.02. The predicted molar refractivity (Wildman–Crippen MR) is 112 cm³/mol. The first kappa shape index (κ1) is 20.2. The molecular weight excluding hydrogens is 336 g/mol. The van der Waals surface area contributed by atoms with Gasteiger partial charge in [-0.05, 0) is 50.6 Å². The molecule has 0 radical (unpaired) electrons. The van der Waals surface area contributed by atoms with Crippen LogP contribution in [0.3, 0.4) is 0 Å². The molecule has 1 aromatic rings. The van der Waals surface area contributed by atoms with E-state index >= 15 is 0 Å². The maximum Gasteiger partial charge on any atom is 0.193 e. The smallest absolute Gasteiger partial charge is 0.193 e. The van der Waals surface area contributed by atoms with Crippen LogP contribution in [0.1, 0.15) is 31.7 Å². The van der Waals surface area contributed by atoms with Crippen LogP contribution in [-0.2, 0) is 11.2 Å². The van der Waals surface area contributed by atoms with E-state index in [4.69, 9.17) is 9.73 Å². The molecule has 1 aromatic carbocycles. The number of rotatable bonds is 8. The minimum atomic E-state index is 0.734. The summed E-state index contributed by atoms with van der Waals surface area (Å²) in [4.78, 5) is 9.87. The minimum absolute atomic E-state index is 0.734. The molecule has 2 heterocycles. The number of ether oxygens (including phenoxy) is 1. The van der Waals surface area contributed by atoms with Crippen LogP contribution in [0.5, 0.6) is 0 Å². The van der Waals surface area contributed by atoms with Gasteiger partial charge in [0.2, 0.25) is 0 Å². The van der Waals surface area contributed by atoms with Crippen molar-refractivity contribution in [3.63, 3.8) is 0 Å². The molecule has 0 saturated carbocycles. The maximum absolute atomic E-state index is 5.41. The fraction of sp³-hybridized carbons (Fsp3) is 0.682. The molecule has 1 atom stereocenters. The molecule has 150 valence electrons. The number of morpholine rings is 1. The Morgan fingerprint density at radius 3 is 2.74 bits per heavy atom. The van der Waals surface area contributed by atoms with Gasteiger partial charge in [0.05, 0.1) is 13.2 Å². The van der Waals surface area contributed by atoms with Gasteiger partial charge in [-0.2, -0.15) is 0 Å². The van der Waals surface area contributed by atoms with Crippen LogP contribution < -0.4 is 5.32 Å². The monoisotopic (exact) mass is 372 g/mol. The zero-order chi connectivity index (χ0) is 18.7. The zero-order valence-electron chi connectivity index (χ0n) is 16.9. The lowest BCUT2D eigenvalue weighted by molar-refractivity contribution is 0.0373. The summed E-state index contributed by atoms with van der Waals surface area (Å²) in [6, 6.07) is 10.9. The van der Waals surface area contributed by atoms with E-state index in [1.807, 2.05) is 0 Å². The minimum Gasteiger partial charge on any atom is -0.379 e. The van der Waals surface area contributed by atoms with Gasteiger partial charge in [-0.1, -0.05) is 30.3 Å². The molecule has 2 aliphatic rings. The van der Waals surface area contributed by atoms with Crippen molar-refractivity contribution in [3.8, 4) is 0 Å². The van der Waals surface area contributed by atoms with E-state index in [2.05, 4.69) is 52.4 Å². The Kier molecular flexibility index (Phi) is 8.43. The SMILES string of the molecule is CCNC(=NCCCCN1CCOCC1)N1CCC(Cc2ccccc2)C1. The van der Waals surface area contributed by atoms with Crippen molar-refractivity contribution in [2.45, 2.75) is 32.6 Å². The van der Waals surface area contributed by atoms with E-state index < -0.39 is 0 Å². The van der Waals surface area contributed by atoms with Gasteiger partial charge in [0.1, 0.15) is 0 Å². The number of nitrogens with zero attached hydrogens (tertiary/aromatic N) is 3. The summed E-state index contributed by atoms with van der Waals surface area (Å²) in [5.74, 6) is 1.84. The Hall–Kier alpha value is -1.59. The molecule has 1 unspecified atom stereocenters. The molecule has 27 heavy (non-hydrogen) atoms. The molecule has 3 rings (SSSR count). The van der Waals surface area contributed by atoms with Gasteiger partial charge >= 0.3 is 0 Å². The van der Waals surface area contributed by atoms with Crippen LogP contribution in [0, 0.1) is 5.92 Å². The Morgan fingerprint density at radius 2 is 1.96 bits per heavy atom. The van der Waals surface area contributed by atoms with Crippen molar-refractivity contribution < 1.29 is 4.74 Å².